The highest BCUT2D eigenvalue weighted by molar-refractivity contribution is 5.18. The van der Waals surface area contributed by atoms with Crippen LogP contribution in [0.5, 0.6) is 0 Å². The van der Waals surface area contributed by atoms with Gasteiger partial charge in [-0.15, -0.1) is 0 Å². The molecule has 2 nitrogen and oxygen atoms in total. The Hall–Kier alpha value is -1.00. The maximum atomic E-state index is 13.7. The number of nitrogens with zero attached hydrogens (tertiary/aromatic N) is 1. The predicted molar refractivity (Wildman–Crippen MR) is 74.8 cm³/mol. The first-order chi connectivity index (χ1) is 8.89. The molecule has 0 unspecified atom stereocenters. The molecule has 1 aromatic carbocycles. The van der Waals surface area contributed by atoms with Gasteiger partial charge in [0.1, 0.15) is 0 Å². The molecule has 0 aromatic heterocycles. The molecular weight excluding hydrogens is 246 g/mol. The molecule has 0 amide bonds. The largest absolute Gasteiger partial charge is 0.330 e. The molecule has 0 heterocycles. The van der Waals surface area contributed by atoms with Gasteiger partial charge < -0.3 is 5.73 Å². The minimum absolute atomic E-state index is 0.0288. The number of nitrogens with two attached hydrogens (primary N) is 1. The lowest BCUT2D eigenvalue weighted by Gasteiger charge is -2.31. The van der Waals surface area contributed by atoms with Crippen LogP contribution >= 0.6 is 0 Å². The molecule has 108 valence electrons. The van der Waals surface area contributed by atoms with E-state index in [1.807, 2.05) is 0 Å². The summed E-state index contributed by atoms with van der Waals surface area (Å²) in [5.41, 5.74) is 6.11. The van der Waals surface area contributed by atoms with Crippen molar-refractivity contribution in [1.29, 1.82) is 0 Å². The molecule has 2 N–H and O–H groups in total. The monoisotopic (exact) mass is 270 g/mol. The van der Waals surface area contributed by atoms with Crippen LogP contribution in [0, 0.1) is 17.0 Å². The van der Waals surface area contributed by atoms with Gasteiger partial charge >= 0.3 is 0 Å². The molecule has 0 fully saturated rings. The Kier molecular flexibility index (Phi) is 5.88. The Morgan fingerprint density at radius 1 is 1.26 bits per heavy atom. The van der Waals surface area contributed by atoms with E-state index in [0.29, 0.717) is 18.7 Å². The molecular formula is C15H24F2N2. The molecule has 4 heteroatoms. The van der Waals surface area contributed by atoms with Gasteiger partial charge in [0.25, 0.3) is 0 Å². The van der Waals surface area contributed by atoms with Gasteiger partial charge in [0, 0.05) is 18.7 Å². The summed E-state index contributed by atoms with van der Waals surface area (Å²) < 4.78 is 26.9. The van der Waals surface area contributed by atoms with Crippen LogP contribution in [0.2, 0.25) is 0 Å². The van der Waals surface area contributed by atoms with Crippen LogP contribution < -0.4 is 5.73 Å². The van der Waals surface area contributed by atoms with Crippen molar-refractivity contribution in [3.05, 3.63) is 35.4 Å². The number of rotatable bonds is 7. The first-order valence-electron chi connectivity index (χ1n) is 6.75. The maximum Gasteiger partial charge on any atom is 0.163 e. The standard InChI is InChI=1S/C15H24F2N2/c1-4-8-19(11-15(2,3)10-18)9-12-6-5-7-13(16)14(12)17/h5-7H,4,8-11,18H2,1-3H3. The lowest BCUT2D eigenvalue weighted by molar-refractivity contribution is 0.174. The third-order valence-corrected chi connectivity index (χ3v) is 3.17. The minimum Gasteiger partial charge on any atom is -0.330 e. The Bertz CT molecular complexity index is 405. The first kappa shape index (κ1) is 16.1. The van der Waals surface area contributed by atoms with Crippen molar-refractivity contribution in [2.24, 2.45) is 11.1 Å². The van der Waals surface area contributed by atoms with E-state index in [1.165, 1.54) is 0 Å². The minimum atomic E-state index is -0.785. The predicted octanol–water partition coefficient (Wildman–Crippen LogP) is 3.16. The van der Waals surface area contributed by atoms with Crippen LogP contribution in [-0.4, -0.2) is 24.5 Å². The lowest BCUT2D eigenvalue weighted by atomic mass is 9.93. The summed E-state index contributed by atoms with van der Waals surface area (Å²) in [6, 6.07) is 4.33. The second-order valence-electron chi connectivity index (χ2n) is 5.79. The number of halogens is 2. The molecule has 0 aliphatic rings. The molecule has 1 rings (SSSR count). The van der Waals surface area contributed by atoms with E-state index >= 15 is 0 Å². The van der Waals surface area contributed by atoms with Crippen molar-refractivity contribution in [2.75, 3.05) is 19.6 Å². The van der Waals surface area contributed by atoms with Crippen molar-refractivity contribution in [3.8, 4) is 0 Å². The van der Waals surface area contributed by atoms with E-state index < -0.39 is 11.6 Å². The molecule has 0 atom stereocenters. The third-order valence-electron chi connectivity index (χ3n) is 3.17. The summed E-state index contributed by atoms with van der Waals surface area (Å²) in [4.78, 5) is 2.13. The zero-order valence-electron chi connectivity index (χ0n) is 12.0. The van der Waals surface area contributed by atoms with Gasteiger partial charge in [0.15, 0.2) is 11.6 Å². The maximum absolute atomic E-state index is 13.7. The average molecular weight is 270 g/mol. The van der Waals surface area contributed by atoms with Crippen molar-refractivity contribution in [2.45, 2.75) is 33.7 Å². The van der Waals surface area contributed by atoms with E-state index in [-0.39, 0.29) is 5.41 Å². The second kappa shape index (κ2) is 6.96. The third kappa shape index (κ3) is 4.88. The molecule has 19 heavy (non-hydrogen) atoms. The van der Waals surface area contributed by atoms with Crippen LogP contribution in [0.4, 0.5) is 8.78 Å². The fourth-order valence-electron chi connectivity index (χ4n) is 2.11. The second-order valence-corrected chi connectivity index (χ2v) is 5.79. The van der Waals surface area contributed by atoms with Gasteiger partial charge in [-0.05, 0) is 31.0 Å². The molecule has 0 radical (unpaired) electrons. The fraction of sp³-hybridized carbons (Fsp3) is 0.600. The van der Waals surface area contributed by atoms with Crippen LogP contribution in [0.15, 0.2) is 18.2 Å². The Labute approximate surface area is 114 Å². The van der Waals surface area contributed by atoms with Crippen molar-refractivity contribution >= 4 is 0 Å². The zero-order chi connectivity index (χ0) is 14.5. The molecule has 1 aromatic rings. The van der Waals surface area contributed by atoms with Gasteiger partial charge in [0.05, 0.1) is 0 Å². The molecule has 0 bridgehead atoms. The summed E-state index contributed by atoms with van der Waals surface area (Å²) in [7, 11) is 0. The number of hydrogen-bond acceptors (Lipinski definition) is 2. The van der Waals surface area contributed by atoms with E-state index in [9.17, 15) is 8.78 Å². The highest BCUT2D eigenvalue weighted by Gasteiger charge is 2.21. The van der Waals surface area contributed by atoms with Gasteiger partial charge in [-0.3, -0.25) is 4.90 Å². The van der Waals surface area contributed by atoms with Crippen molar-refractivity contribution in [1.82, 2.24) is 4.90 Å². The quantitative estimate of drug-likeness (QED) is 0.824. The average Bonchev–Trinajstić information content (AvgIpc) is 2.35. The lowest BCUT2D eigenvalue weighted by Crippen LogP contribution is -2.39. The van der Waals surface area contributed by atoms with Crippen LogP contribution in [0.3, 0.4) is 0 Å². The van der Waals surface area contributed by atoms with E-state index in [0.717, 1.165) is 25.6 Å². The van der Waals surface area contributed by atoms with Crippen LogP contribution in [-0.2, 0) is 6.54 Å². The smallest absolute Gasteiger partial charge is 0.163 e. The van der Waals surface area contributed by atoms with Crippen LogP contribution in [0.25, 0.3) is 0 Å². The van der Waals surface area contributed by atoms with Gasteiger partial charge in [-0.25, -0.2) is 8.78 Å². The van der Waals surface area contributed by atoms with E-state index in [1.54, 1.807) is 12.1 Å². The fourth-order valence-corrected chi connectivity index (χ4v) is 2.11. The van der Waals surface area contributed by atoms with Crippen molar-refractivity contribution in [3.63, 3.8) is 0 Å². The van der Waals surface area contributed by atoms with Crippen LogP contribution in [0.1, 0.15) is 32.8 Å². The Morgan fingerprint density at radius 3 is 2.53 bits per heavy atom. The van der Waals surface area contributed by atoms with Crippen molar-refractivity contribution < 1.29 is 8.78 Å². The summed E-state index contributed by atoms with van der Waals surface area (Å²) in [6.07, 6.45) is 0.970. The summed E-state index contributed by atoms with van der Waals surface area (Å²) in [6.45, 7) is 8.84. The van der Waals surface area contributed by atoms with E-state index in [2.05, 4.69) is 25.7 Å². The SMILES string of the molecule is CCCN(Cc1cccc(F)c1F)CC(C)(C)CN. The first-order valence-corrected chi connectivity index (χ1v) is 6.75. The van der Waals surface area contributed by atoms with E-state index in [4.69, 9.17) is 5.73 Å². The van der Waals surface area contributed by atoms with Gasteiger partial charge in [-0.2, -0.15) is 0 Å². The molecule has 0 saturated carbocycles. The highest BCUT2D eigenvalue weighted by atomic mass is 19.2. The Balaban J connectivity index is 2.81. The Morgan fingerprint density at radius 2 is 1.95 bits per heavy atom. The number of benzene rings is 1. The van der Waals surface area contributed by atoms with Gasteiger partial charge in [0.2, 0.25) is 0 Å². The summed E-state index contributed by atoms with van der Waals surface area (Å²) >= 11 is 0. The molecule has 0 aliphatic heterocycles. The normalized spacial score (nSPS) is 12.2. The summed E-state index contributed by atoms with van der Waals surface area (Å²) in [5.74, 6) is -1.53. The molecule has 0 aliphatic carbocycles. The topological polar surface area (TPSA) is 29.3 Å². The van der Waals surface area contributed by atoms with Gasteiger partial charge in [-0.1, -0.05) is 32.9 Å². The summed E-state index contributed by atoms with van der Waals surface area (Å²) in [5, 5.41) is 0. The molecule has 0 saturated heterocycles. The number of hydrogen-bond donors (Lipinski definition) is 1. The highest BCUT2D eigenvalue weighted by Crippen LogP contribution is 2.19. The molecule has 0 spiro atoms. The zero-order valence-corrected chi connectivity index (χ0v) is 12.0.